The van der Waals surface area contributed by atoms with Crippen LogP contribution in [0.1, 0.15) is 91.7 Å². The van der Waals surface area contributed by atoms with Gasteiger partial charge in [0.25, 0.3) is 6.43 Å². The van der Waals surface area contributed by atoms with Crippen LogP contribution in [-0.2, 0) is 19.4 Å². The molecule has 4 rings (SSSR count). The Kier molecular flexibility index (Phi) is 9.15. The van der Waals surface area contributed by atoms with E-state index in [1.54, 1.807) is 35.3 Å². The largest absolute Gasteiger partial charge is 0.296 e. The molecule has 0 aliphatic carbocycles. The second-order valence-electron chi connectivity index (χ2n) is 9.56. The normalized spacial score (nSPS) is 11.5. The van der Waals surface area contributed by atoms with Gasteiger partial charge in [-0.15, -0.1) is 6.58 Å². The predicted octanol–water partition coefficient (Wildman–Crippen LogP) is 7.41. The topological polar surface area (TPSA) is 65.1 Å². The van der Waals surface area contributed by atoms with Gasteiger partial charge in [0, 0.05) is 42.6 Å². The lowest BCUT2D eigenvalue weighted by Gasteiger charge is -2.11. The molecule has 3 heterocycles. The monoisotopic (exact) mass is 519 g/mol. The van der Waals surface area contributed by atoms with Crippen molar-refractivity contribution in [3.8, 4) is 11.3 Å². The lowest BCUT2D eigenvalue weighted by atomic mass is 9.94. The number of hydrogen-bond donors (Lipinski definition) is 0. The molecule has 0 radical (unpaired) electrons. The zero-order valence-electron chi connectivity index (χ0n) is 22.2. The quantitative estimate of drug-likeness (QED) is 0.0988. The third kappa shape index (κ3) is 6.06. The van der Waals surface area contributed by atoms with Gasteiger partial charge < -0.3 is 0 Å². The molecule has 8 heteroatoms. The number of carbonyl (C=O) groups is 1. The molecule has 0 saturated carbocycles. The maximum Gasteiger partial charge on any atom is 0.282 e. The molecular formula is C30H35F2N5O. The molecule has 0 aliphatic heterocycles. The molecule has 0 amide bonds. The SMILES string of the molecule is C=CCn1cc(-c2cnc3c(Cc4ccc(C(=O)CCCCCCC)c(CC)c4)nccn23)c(C(F)F)n1. The molecule has 1 aromatic carbocycles. The van der Waals surface area contributed by atoms with E-state index in [2.05, 4.69) is 41.6 Å². The molecule has 4 aromatic rings. The summed E-state index contributed by atoms with van der Waals surface area (Å²) in [6.07, 6.45) is 12.9. The zero-order chi connectivity index (χ0) is 27.1. The van der Waals surface area contributed by atoms with E-state index in [1.165, 1.54) is 23.9 Å². The molecule has 0 unspecified atom stereocenters. The summed E-state index contributed by atoms with van der Waals surface area (Å²) < 4.78 is 30.7. The van der Waals surface area contributed by atoms with Crippen LogP contribution in [0.4, 0.5) is 8.78 Å². The maximum atomic E-state index is 13.8. The van der Waals surface area contributed by atoms with Crippen molar-refractivity contribution in [2.24, 2.45) is 0 Å². The van der Waals surface area contributed by atoms with E-state index in [0.717, 1.165) is 41.6 Å². The standard InChI is InChI=1S/C30H35F2N5O/c1-4-7-8-9-10-11-27(38)23-13-12-21(17-22(23)6-3)18-25-30-34-19-26(37(30)16-14-33-25)24-20-36(15-5-2)35-28(24)29(31)32/h5,12-14,16-17,19-20,29H,2,4,6-11,15,18H2,1,3H3. The summed E-state index contributed by atoms with van der Waals surface area (Å²) in [5.74, 6) is 0.204. The summed E-state index contributed by atoms with van der Waals surface area (Å²) in [7, 11) is 0. The van der Waals surface area contributed by atoms with Crippen molar-refractivity contribution in [2.45, 2.75) is 78.2 Å². The van der Waals surface area contributed by atoms with Gasteiger partial charge in [-0.05, 0) is 24.0 Å². The number of allylic oxidation sites excluding steroid dienone is 1. The highest BCUT2D eigenvalue weighted by Crippen LogP contribution is 2.31. The number of benzene rings is 1. The highest BCUT2D eigenvalue weighted by Gasteiger charge is 2.22. The van der Waals surface area contributed by atoms with Crippen LogP contribution in [0.5, 0.6) is 0 Å². The first-order valence-corrected chi connectivity index (χ1v) is 13.4. The van der Waals surface area contributed by atoms with Crippen LogP contribution in [0, 0.1) is 0 Å². The Morgan fingerprint density at radius 2 is 1.95 bits per heavy atom. The second-order valence-corrected chi connectivity index (χ2v) is 9.56. The minimum Gasteiger partial charge on any atom is -0.296 e. The average molecular weight is 520 g/mol. The minimum atomic E-state index is -2.71. The average Bonchev–Trinajstić information content (AvgIpc) is 3.53. The van der Waals surface area contributed by atoms with Gasteiger partial charge >= 0.3 is 0 Å². The minimum absolute atomic E-state index is 0.204. The number of Topliss-reactive ketones (excluding diaryl/α,β-unsaturated/α-hetero) is 1. The highest BCUT2D eigenvalue weighted by atomic mass is 19.3. The van der Waals surface area contributed by atoms with E-state index in [1.807, 2.05) is 12.1 Å². The van der Waals surface area contributed by atoms with Crippen LogP contribution < -0.4 is 0 Å². The molecular weight excluding hydrogens is 484 g/mol. The third-order valence-corrected chi connectivity index (χ3v) is 6.82. The maximum absolute atomic E-state index is 13.8. The van der Waals surface area contributed by atoms with Crippen molar-refractivity contribution in [1.29, 1.82) is 0 Å². The van der Waals surface area contributed by atoms with Crippen molar-refractivity contribution in [1.82, 2.24) is 24.1 Å². The number of fused-ring (bicyclic) bond motifs is 1. The number of alkyl halides is 2. The third-order valence-electron chi connectivity index (χ3n) is 6.82. The Morgan fingerprint density at radius 3 is 2.68 bits per heavy atom. The molecule has 3 aromatic heterocycles. The summed E-state index contributed by atoms with van der Waals surface area (Å²) in [5, 5.41) is 4.04. The number of unbranched alkanes of at least 4 members (excludes halogenated alkanes) is 4. The molecule has 0 N–H and O–H groups in total. The molecule has 0 atom stereocenters. The first-order valence-electron chi connectivity index (χ1n) is 13.4. The number of aromatic nitrogens is 5. The van der Waals surface area contributed by atoms with E-state index in [9.17, 15) is 13.6 Å². The van der Waals surface area contributed by atoms with Crippen LogP contribution in [0.2, 0.25) is 0 Å². The number of nitrogens with zero attached hydrogens (tertiary/aromatic N) is 5. The first kappa shape index (κ1) is 27.4. The number of aryl methyl sites for hydroxylation is 1. The number of halogens is 2. The molecule has 0 spiro atoms. The van der Waals surface area contributed by atoms with Crippen molar-refractivity contribution in [3.63, 3.8) is 0 Å². The molecule has 0 bridgehead atoms. The lowest BCUT2D eigenvalue weighted by molar-refractivity contribution is 0.0978. The summed E-state index contributed by atoms with van der Waals surface area (Å²) in [6.45, 7) is 8.24. The van der Waals surface area contributed by atoms with Gasteiger partial charge in [-0.2, -0.15) is 5.10 Å². The van der Waals surface area contributed by atoms with E-state index < -0.39 is 6.43 Å². The van der Waals surface area contributed by atoms with Gasteiger partial charge in [-0.3, -0.25) is 18.9 Å². The van der Waals surface area contributed by atoms with Gasteiger partial charge in [-0.25, -0.2) is 13.8 Å². The molecule has 0 saturated heterocycles. The molecule has 38 heavy (non-hydrogen) atoms. The number of ketones is 1. The van der Waals surface area contributed by atoms with Gasteiger partial charge in [0.2, 0.25) is 0 Å². The highest BCUT2D eigenvalue weighted by molar-refractivity contribution is 5.97. The van der Waals surface area contributed by atoms with Crippen molar-refractivity contribution < 1.29 is 13.6 Å². The molecule has 0 fully saturated rings. The number of rotatable bonds is 14. The van der Waals surface area contributed by atoms with Gasteiger partial charge in [0.05, 0.1) is 24.1 Å². The Hall–Kier alpha value is -3.68. The van der Waals surface area contributed by atoms with Crippen LogP contribution in [0.15, 0.2) is 55.6 Å². The van der Waals surface area contributed by atoms with Crippen LogP contribution in [0.3, 0.4) is 0 Å². The van der Waals surface area contributed by atoms with E-state index in [4.69, 9.17) is 0 Å². The predicted molar refractivity (Wildman–Crippen MR) is 146 cm³/mol. The Bertz CT molecular complexity index is 1410. The second kappa shape index (κ2) is 12.7. The van der Waals surface area contributed by atoms with Gasteiger partial charge in [0.1, 0.15) is 5.69 Å². The molecule has 0 aliphatic rings. The smallest absolute Gasteiger partial charge is 0.282 e. The number of carbonyl (C=O) groups excluding carboxylic acids is 1. The summed E-state index contributed by atoms with van der Waals surface area (Å²) in [5.41, 5.74) is 4.77. The Morgan fingerprint density at radius 1 is 1.13 bits per heavy atom. The van der Waals surface area contributed by atoms with Gasteiger partial charge in [-0.1, -0.05) is 63.8 Å². The Balaban J connectivity index is 1.58. The Labute approximate surface area is 222 Å². The fraction of sp³-hybridized carbons (Fsp3) is 0.400. The number of hydrogen-bond acceptors (Lipinski definition) is 4. The van der Waals surface area contributed by atoms with Crippen LogP contribution >= 0.6 is 0 Å². The van der Waals surface area contributed by atoms with Gasteiger partial charge in [0.15, 0.2) is 11.4 Å². The fourth-order valence-corrected chi connectivity index (χ4v) is 4.86. The van der Waals surface area contributed by atoms with E-state index in [-0.39, 0.29) is 11.5 Å². The fourth-order valence-electron chi connectivity index (χ4n) is 4.86. The summed E-state index contributed by atoms with van der Waals surface area (Å²) >= 11 is 0. The summed E-state index contributed by atoms with van der Waals surface area (Å²) in [4.78, 5) is 21.9. The summed E-state index contributed by atoms with van der Waals surface area (Å²) in [6, 6.07) is 5.99. The van der Waals surface area contributed by atoms with Crippen LogP contribution in [-0.4, -0.2) is 29.9 Å². The van der Waals surface area contributed by atoms with Crippen molar-refractivity contribution in [3.05, 3.63) is 83.7 Å². The van der Waals surface area contributed by atoms with Crippen LogP contribution in [0.25, 0.3) is 16.9 Å². The molecule has 200 valence electrons. The zero-order valence-corrected chi connectivity index (χ0v) is 22.2. The van der Waals surface area contributed by atoms with Crippen molar-refractivity contribution >= 4 is 11.4 Å². The number of imidazole rings is 1. The lowest BCUT2D eigenvalue weighted by Crippen LogP contribution is -2.05. The van der Waals surface area contributed by atoms with E-state index >= 15 is 0 Å². The van der Waals surface area contributed by atoms with Crippen molar-refractivity contribution in [2.75, 3.05) is 0 Å². The van der Waals surface area contributed by atoms with E-state index in [0.29, 0.717) is 36.3 Å². The first-order chi connectivity index (χ1) is 18.5. The molecule has 6 nitrogen and oxygen atoms in total.